The number of carbonyl (C=O) groups excluding carboxylic acids is 2. The molecule has 0 aliphatic carbocycles. The van der Waals surface area contributed by atoms with Crippen LogP contribution in [0.25, 0.3) is 0 Å². The van der Waals surface area contributed by atoms with Crippen LogP contribution in [0.15, 0.2) is 48.5 Å². The molecule has 0 saturated carbocycles. The third-order valence-electron chi connectivity index (χ3n) is 3.79. The van der Waals surface area contributed by atoms with Gasteiger partial charge in [-0.05, 0) is 67.7 Å². The maximum atomic E-state index is 12.3. The molecular formula is C21H25N3O4S. The quantitative estimate of drug-likeness (QED) is 0.429. The normalized spacial score (nSPS) is 10.1. The molecule has 2 aromatic rings. The van der Waals surface area contributed by atoms with Gasteiger partial charge in [-0.2, -0.15) is 0 Å². The molecule has 0 saturated heterocycles. The molecule has 8 heteroatoms. The molecule has 0 aliphatic rings. The Labute approximate surface area is 175 Å². The molecule has 0 heterocycles. The number of hydrogen-bond acceptors (Lipinski definition) is 5. The zero-order chi connectivity index (χ0) is 21.1. The predicted molar refractivity (Wildman–Crippen MR) is 117 cm³/mol. The van der Waals surface area contributed by atoms with Crippen LogP contribution in [0, 0.1) is 0 Å². The van der Waals surface area contributed by atoms with Crippen molar-refractivity contribution < 1.29 is 19.1 Å². The Hall–Kier alpha value is -2.97. The number of anilines is 2. The second-order valence-corrected chi connectivity index (χ2v) is 6.37. The molecule has 0 unspecified atom stereocenters. The lowest BCUT2D eigenvalue weighted by Gasteiger charge is -2.11. The Balaban J connectivity index is 1.82. The first-order valence-electron chi connectivity index (χ1n) is 9.34. The maximum Gasteiger partial charge on any atom is 0.257 e. The van der Waals surface area contributed by atoms with Crippen LogP contribution in [-0.2, 0) is 9.53 Å². The summed E-state index contributed by atoms with van der Waals surface area (Å²) in [6.45, 7) is 5.33. The van der Waals surface area contributed by atoms with Crippen LogP contribution < -0.4 is 20.7 Å². The molecule has 2 aromatic carbocycles. The highest BCUT2D eigenvalue weighted by atomic mass is 32.1. The van der Waals surface area contributed by atoms with Gasteiger partial charge in [-0.25, -0.2) is 0 Å². The molecule has 2 rings (SSSR count). The van der Waals surface area contributed by atoms with E-state index in [-0.39, 0.29) is 16.9 Å². The van der Waals surface area contributed by atoms with Crippen molar-refractivity contribution in [3.63, 3.8) is 0 Å². The van der Waals surface area contributed by atoms with Gasteiger partial charge in [0.2, 0.25) is 5.91 Å². The number of benzene rings is 2. The second-order valence-electron chi connectivity index (χ2n) is 5.96. The van der Waals surface area contributed by atoms with E-state index in [1.165, 1.54) is 0 Å². The minimum atomic E-state index is -0.324. The van der Waals surface area contributed by atoms with Crippen LogP contribution in [0.5, 0.6) is 5.75 Å². The average molecular weight is 416 g/mol. The summed E-state index contributed by atoms with van der Waals surface area (Å²) in [5.74, 6) is 0.284. The van der Waals surface area contributed by atoms with Gasteiger partial charge in [0.15, 0.2) is 5.11 Å². The molecule has 2 amide bonds. The van der Waals surface area contributed by atoms with Crippen LogP contribution >= 0.6 is 12.2 Å². The van der Waals surface area contributed by atoms with Gasteiger partial charge in [0, 0.05) is 30.0 Å². The van der Waals surface area contributed by atoms with E-state index in [9.17, 15) is 9.59 Å². The minimum absolute atomic E-state index is 0.0563. The highest BCUT2D eigenvalue weighted by Gasteiger charge is 2.08. The molecule has 3 N–H and O–H groups in total. The molecule has 7 nitrogen and oxygen atoms in total. The van der Waals surface area contributed by atoms with Crippen molar-refractivity contribution in [2.75, 3.05) is 30.5 Å². The van der Waals surface area contributed by atoms with Crippen molar-refractivity contribution in [1.29, 1.82) is 0 Å². The number of thiocarbonyl (C=S) groups is 1. The van der Waals surface area contributed by atoms with Crippen molar-refractivity contribution in [3.8, 4) is 5.75 Å². The first kappa shape index (κ1) is 22.3. The summed E-state index contributed by atoms with van der Waals surface area (Å²) in [6, 6.07) is 13.8. The van der Waals surface area contributed by atoms with Gasteiger partial charge in [0.05, 0.1) is 6.61 Å². The molecule has 0 fully saturated rings. The molecule has 0 spiro atoms. The van der Waals surface area contributed by atoms with E-state index in [0.29, 0.717) is 48.9 Å². The molecule has 154 valence electrons. The first-order chi connectivity index (χ1) is 14.0. The number of ether oxygens (including phenoxy) is 2. The van der Waals surface area contributed by atoms with E-state index in [1.807, 2.05) is 6.92 Å². The van der Waals surface area contributed by atoms with Gasteiger partial charge in [-0.3, -0.25) is 14.9 Å². The number of rotatable bonds is 9. The van der Waals surface area contributed by atoms with E-state index in [2.05, 4.69) is 16.0 Å². The molecule has 0 atom stereocenters. The SMILES string of the molecule is CCOCCOc1ccc(C(=O)NC(=S)Nc2ccc(NC(=O)CC)cc2)cc1. The van der Waals surface area contributed by atoms with Crippen LogP contribution in [0.1, 0.15) is 30.6 Å². The van der Waals surface area contributed by atoms with Crippen LogP contribution in [0.4, 0.5) is 11.4 Å². The van der Waals surface area contributed by atoms with E-state index >= 15 is 0 Å². The summed E-state index contributed by atoms with van der Waals surface area (Å²) in [4.78, 5) is 23.7. The smallest absolute Gasteiger partial charge is 0.257 e. The molecule has 0 radical (unpaired) electrons. The first-order valence-corrected chi connectivity index (χ1v) is 9.75. The minimum Gasteiger partial charge on any atom is -0.491 e. The summed E-state index contributed by atoms with van der Waals surface area (Å²) < 4.78 is 10.7. The van der Waals surface area contributed by atoms with Crippen molar-refractivity contribution >= 4 is 40.5 Å². The zero-order valence-electron chi connectivity index (χ0n) is 16.5. The lowest BCUT2D eigenvalue weighted by Crippen LogP contribution is -2.34. The lowest BCUT2D eigenvalue weighted by molar-refractivity contribution is -0.115. The molecular weight excluding hydrogens is 390 g/mol. The Morgan fingerprint density at radius 3 is 2.10 bits per heavy atom. The molecule has 0 aliphatic heterocycles. The number of amides is 2. The highest BCUT2D eigenvalue weighted by Crippen LogP contribution is 2.14. The second kappa shape index (κ2) is 11.8. The Morgan fingerprint density at radius 2 is 1.52 bits per heavy atom. The van der Waals surface area contributed by atoms with Gasteiger partial charge in [0.25, 0.3) is 5.91 Å². The van der Waals surface area contributed by atoms with Gasteiger partial charge in [0.1, 0.15) is 12.4 Å². The van der Waals surface area contributed by atoms with Crippen molar-refractivity contribution in [1.82, 2.24) is 5.32 Å². The van der Waals surface area contributed by atoms with Crippen LogP contribution in [0.3, 0.4) is 0 Å². The fourth-order valence-corrected chi connectivity index (χ4v) is 2.50. The Morgan fingerprint density at radius 1 is 0.897 bits per heavy atom. The Bertz CT molecular complexity index is 823. The third kappa shape index (κ3) is 7.89. The topological polar surface area (TPSA) is 88.7 Å². The number of nitrogens with one attached hydrogen (secondary N) is 3. The number of hydrogen-bond donors (Lipinski definition) is 3. The van der Waals surface area contributed by atoms with E-state index < -0.39 is 0 Å². The van der Waals surface area contributed by atoms with Crippen molar-refractivity contribution in [2.45, 2.75) is 20.3 Å². The van der Waals surface area contributed by atoms with Gasteiger partial charge in [-0.1, -0.05) is 6.92 Å². The van der Waals surface area contributed by atoms with Gasteiger partial charge in [-0.15, -0.1) is 0 Å². The van der Waals surface area contributed by atoms with Crippen LogP contribution in [-0.4, -0.2) is 36.7 Å². The average Bonchev–Trinajstić information content (AvgIpc) is 2.73. The number of carbonyl (C=O) groups is 2. The van der Waals surface area contributed by atoms with Gasteiger partial charge < -0.3 is 20.1 Å². The van der Waals surface area contributed by atoms with Crippen molar-refractivity contribution in [2.24, 2.45) is 0 Å². The maximum absolute atomic E-state index is 12.3. The van der Waals surface area contributed by atoms with Gasteiger partial charge >= 0.3 is 0 Å². The monoisotopic (exact) mass is 415 g/mol. The summed E-state index contributed by atoms with van der Waals surface area (Å²) >= 11 is 5.19. The highest BCUT2D eigenvalue weighted by molar-refractivity contribution is 7.80. The largest absolute Gasteiger partial charge is 0.491 e. The molecule has 0 aromatic heterocycles. The standard InChI is InChI=1S/C21H25N3O4S/c1-3-19(25)22-16-7-9-17(10-8-16)23-21(29)24-20(26)15-5-11-18(12-6-15)28-14-13-27-4-2/h5-12H,3-4,13-14H2,1-2H3,(H,22,25)(H2,23,24,26,29). The lowest BCUT2D eigenvalue weighted by atomic mass is 10.2. The summed E-state index contributed by atoms with van der Waals surface area (Å²) in [5, 5.41) is 8.51. The van der Waals surface area contributed by atoms with E-state index in [0.717, 1.165) is 0 Å². The summed E-state index contributed by atoms with van der Waals surface area (Å²) in [6.07, 6.45) is 0.413. The van der Waals surface area contributed by atoms with E-state index in [1.54, 1.807) is 55.5 Å². The third-order valence-corrected chi connectivity index (χ3v) is 4.00. The zero-order valence-corrected chi connectivity index (χ0v) is 17.3. The fraction of sp³-hybridized carbons (Fsp3) is 0.286. The molecule has 0 bridgehead atoms. The van der Waals surface area contributed by atoms with Crippen molar-refractivity contribution in [3.05, 3.63) is 54.1 Å². The van der Waals surface area contributed by atoms with E-state index in [4.69, 9.17) is 21.7 Å². The Kier molecular flexibility index (Phi) is 9.07. The summed E-state index contributed by atoms with van der Waals surface area (Å²) in [5.41, 5.74) is 1.85. The summed E-state index contributed by atoms with van der Waals surface area (Å²) in [7, 11) is 0. The molecule has 29 heavy (non-hydrogen) atoms. The van der Waals surface area contributed by atoms with Crippen LogP contribution in [0.2, 0.25) is 0 Å². The fourth-order valence-electron chi connectivity index (χ4n) is 2.29. The predicted octanol–water partition coefficient (Wildman–Crippen LogP) is 3.58.